The Morgan fingerprint density at radius 3 is 2.82 bits per heavy atom. The number of nitrogens with two attached hydrogens (primary N) is 1. The van der Waals surface area contributed by atoms with Crippen molar-refractivity contribution in [1.82, 2.24) is 0 Å². The third-order valence-electron chi connectivity index (χ3n) is 2.76. The van der Waals surface area contributed by atoms with Crippen LogP contribution in [-0.4, -0.2) is 5.91 Å². The van der Waals surface area contributed by atoms with E-state index in [1.165, 1.54) is 19.3 Å². The second kappa shape index (κ2) is 3.74. The quantitative estimate of drug-likeness (QED) is 0.648. The van der Waals surface area contributed by atoms with Crippen molar-refractivity contribution in [1.29, 1.82) is 0 Å². The molecule has 1 saturated carbocycles. The summed E-state index contributed by atoms with van der Waals surface area (Å²) < 4.78 is 0. The number of primary amides is 1. The molecule has 0 aromatic carbocycles. The Kier molecular flexibility index (Phi) is 2.92. The van der Waals surface area contributed by atoms with Crippen molar-refractivity contribution >= 4 is 5.91 Å². The van der Waals surface area contributed by atoms with Crippen LogP contribution < -0.4 is 5.73 Å². The van der Waals surface area contributed by atoms with Crippen LogP contribution in [0.4, 0.5) is 0 Å². The van der Waals surface area contributed by atoms with Crippen LogP contribution >= 0.6 is 0 Å². The van der Waals surface area contributed by atoms with Crippen molar-refractivity contribution in [2.24, 2.45) is 17.6 Å². The van der Waals surface area contributed by atoms with Gasteiger partial charge in [-0.25, -0.2) is 0 Å². The van der Waals surface area contributed by atoms with E-state index in [4.69, 9.17) is 5.73 Å². The third kappa shape index (κ3) is 2.21. The molecule has 0 unspecified atom stereocenters. The fraction of sp³-hybridized carbons (Fsp3) is 0.889. The van der Waals surface area contributed by atoms with Crippen molar-refractivity contribution < 1.29 is 4.79 Å². The zero-order valence-corrected chi connectivity index (χ0v) is 7.18. The molecule has 0 aromatic rings. The van der Waals surface area contributed by atoms with Crippen LogP contribution in [0.3, 0.4) is 0 Å². The van der Waals surface area contributed by atoms with Gasteiger partial charge in [-0.1, -0.05) is 26.2 Å². The maximum atomic E-state index is 10.8. The lowest BCUT2D eigenvalue weighted by Gasteiger charge is -2.25. The molecule has 0 heterocycles. The zero-order valence-electron chi connectivity index (χ0n) is 7.18. The molecule has 2 heteroatoms. The summed E-state index contributed by atoms with van der Waals surface area (Å²) in [6.45, 7) is 2.19. The highest BCUT2D eigenvalue weighted by Crippen LogP contribution is 2.30. The first-order valence-electron chi connectivity index (χ1n) is 4.53. The number of amides is 1. The smallest absolute Gasteiger partial charge is 0.220 e. The van der Waals surface area contributed by atoms with Crippen LogP contribution in [0.5, 0.6) is 0 Å². The molecule has 1 rings (SSSR count). The number of carbonyl (C=O) groups is 1. The monoisotopic (exact) mass is 155 g/mol. The summed E-state index contributed by atoms with van der Waals surface area (Å²) in [5.74, 6) is 0.832. The Bertz CT molecular complexity index is 144. The van der Waals surface area contributed by atoms with Gasteiger partial charge in [0.2, 0.25) is 5.91 Å². The number of hydrogen-bond donors (Lipinski definition) is 1. The Labute approximate surface area is 68.2 Å². The van der Waals surface area contributed by atoms with Crippen molar-refractivity contribution in [3.8, 4) is 0 Å². The van der Waals surface area contributed by atoms with Crippen molar-refractivity contribution in [3.05, 3.63) is 0 Å². The molecule has 0 spiro atoms. The molecule has 1 aliphatic rings. The molecule has 64 valence electrons. The van der Waals surface area contributed by atoms with Gasteiger partial charge in [-0.15, -0.1) is 0 Å². The van der Waals surface area contributed by atoms with Crippen molar-refractivity contribution in [2.75, 3.05) is 0 Å². The summed E-state index contributed by atoms with van der Waals surface area (Å²) in [5, 5.41) is 0. The Balaban J connectivity index is 2.39. The number of rotatable bonds is 2. The minimum atomic E-state index is -0.0943. The predicted molar refractivity (Wildman–Crippen MR) is 44.9 cm³/mol. The average molecular weight is 155 g/mol. The highest BCUT2D eigenvalue weighted by atomic mass is 16.1. The lowest BCUT2D eigenvalue weighted by Crippen LogP contribution is -2.28. The van der Waals surface area contributed by atoms with Gasteiger partial charge in [0.05, 0.1) is 0 Å². The summed E-state index contributed by atoms with van der Waals surface area (Å²) in [6, 6.07) is 0. The number of carbonyl (C=O) groups excluding carboxylic acids is 1. The summed E-state index contributed by atoms with van der Waals surface area (Å²) in [6.07, 6.45) is 5.73. The van der Waals surface area contributed by atoms with Gasteiger partial charge >= 0.3 is 0 Å². The first-order valence-corrected chi connectivity index (χ1v) is 4.53. The van der Waals surface area contributed by atoms with E-state index >= 15 is 0 Å². The Hall–Kier alpha value is -0.530. The molecule has 0 saturated heterocycles. The Morgan fingerprint density at radius 1 is 1.55 bits per heavy atom. The predicted octanol–water partition coefficient (Wildman–Crippen LogP) is 1.69. The van der Waals surface area contributed by atoms with Gasteiger partial charge in [0.25, 0.3) is 0 Å². The standard InChI is InChI=1S/C9H17NO/c1-2-7-4-3-5-8(6-7)9(10)11/h7-8H,2-6H2,1H3,(H2,10,11)/t7-,8+/m1/s1. The lowest BCUT2D eigenvalue weighted by molar-refractivity contribution is -0.123. The van der Waals surface area contributed by atoms with Crippen LogP contribution in [0.2, 0.25) is 0 Å². The first-order chi connectivity index (χ1) is 5.24. The zero-order chi connectivity index (χ0) is 8.27. The van der Waals surface area contributed by atoms with Gasteiger partial charge in [0.1, 0.15) is 0 Å². The molecule has 2 nitrogen and oxygen atoms in total. The van der Waals surface area contributed by atoms with E-state index in [1.807, 2.05) is 0 Å². The van der Waals surface area contributed by atoms with Crippen LogP contribution in [-0.2, 0) is 4.79 Å². The summed E-state index contributed by atoms with van der Waals surface area (Å²) in [4.78, 5) is 10.8. The molecule has 2 N–H and O–H groups in total. The van der Waals surface area contributed by atoms with E-state index in [2.05, 4.69) is 6.92 Å². The molecule has 11 heavy (non-hydrogen) atoms. The van der Waals surface area contributed by atoms with Crippen LogP contribution in [0.15, 0.2) is 0 Å². The highest BCUT2D eigenvalue weighted by molar-refractivity contribution is 5.76. The lowest BCUT2D eigenvalue weighted by atomic mass is 9.80. The van der Waals surface area contributed by atoms with Gasteiger partial charge in [0.15, 0.2) is 0 Å². The molecule has 0 aromatic heterocycles. The fourth-order valence-corrected chi connectivity index (χ4v) is 1.92. The van der Waals surface area contributed by atoms with E-state index in [0.717, 1.165) is 18.8 Å². The summed E-state index contributed by atoms with van der Waals surface area (Å²) >= 11 is 0. The molecule has 1 fully saturated rings. The van der Waals surface area contributed by atoms with E-state index in [-0.39, 0.29) is 11.8 Å². The molecular weight excluding hydrogens is 138 g/mol. The average Bonchev–Trinajstić information content (AvgIpc) is 2.05. The second-order valence-electron chi connectivity index (χ2n) is 3.54. The van der Waals surface area contributed by atoms with Gasteiger partial charge in [-0.3, -0.25) is 4.79 Å². The maximum absolute atomic E-state index is 10.8. The van der Waals surface area contributed by atoms with E-state index in [9.17, 15) is 4.79 Å². The molecular formula is C9H17NO. The number of hydrogen-bond acceptors (Lipinski definition) is 1. The largest absolute Gasteiger partial charge is 0.369 e. The molecule has 1 amide bonds. The van der Waals surface area contributed by atoms with Gasteiger partial charge in [-0.2, -0.15) is 0 Å². The molecule has 1 aliphatic carbocycles. The fourth-order valence-electron chi connectivity index (χ4n) is 1.92. The van der Waals surface area contributed by atoms with E-state index in [1.54, 1.807) is 0 Å². The molecule has 0 radical (unpaired) electrons. The van der Waals surface area contributed by atoms with Gasteiger partial charge in [0, 0.05) is 5.92 Å². The van der Waals surface area contributed by atoms with E-state index in [0.29, 0.717) is 0 Å². The van der Waals surface area contributed by atoms with Gasteiger partial charge in [-0.05, 0) is 18.8 Å². The minimum absolute atomic E-state index is 0.0943. The Morgan fingerprint density at radius 2 is 2.27 bits per heavy atom. The van der Waals surface area contributed by atoms with Crippen molar-refractivity contribution in [3.63, 3.8) is 0 Å². The summed E-state index contributed by atoms with van der Waals surface area (Å²) in [5.41, 5.74) is 5.25. The minimum Gasteiger partial charge on any atom is -0.369 e. The molecule has 2 atom stereocenters. The van der Waals surface area contributed by atoms with E-state index < -0.39 is 0 Å². The topological polar surface area (TPSA) is 43.1 Å². The second-order valence-corrected chi connectivity index (χ2v) is 3.54. The third-order valence-corrected chi connectivity index (χ3v) is 2.76. The highest BCUT2D eigenvalue weighted by Gasteiger charge is 2.24. The first kappa shape index (κ1) is 8.57. The van der Waals surface area contributed by atoms with Gasteiger partial charge < -0.3 is 5.73 Å². The summed E-state index contributed by atoms with van der Waals surface area (Å²) in [7, 11) is 0. The maximum Gasteiger partial charge on any atom is 0.220 e. The normalized spacial score (nSPS) is 31.7. The van der Waals surface area contributed by atoms with Crippen molar-refractivity contribution in [2.45, 2.75) is 39.0 Å². The van der Waals surface area contributed by atoms with Crippen LogP contribution in [0.25, 0.3) is 0 Å². The molecule has 0 aliphatic heterocycles. The van der Waals surface area contributed by atoms with Crippen LogP contribution in [0, 0.1) is 11.8 Å². The van der Waals surface area contributed by atoms with Crippen LogP contribution in [0.1, 0.15) is 39.0 Å². The SMILES string of the molecule is CC[C@@H]1CCC[C@H](C(N)=O)C1. The molecule has 0 bridgehead atoms.